The van der Waals surface area contributed by atoms with Crippen molar-refractivity contribution < 1.29 is 14.3 Å². The molecule has 0 unspecified atom stereocenters. The third-order valence-electron chi connectivity index (χ3n) is 2.40. The topological polar surface area (TPSA) is 76.2 Å². The number of rotatable bonds is 4. The Labute approximate surface area is 104 Å². The molecule has 6 nitrogen and oxygen atoms in total. The molecule has 1 amide bonds. The van der Waals surface area contributed by atoms with Gasteiger partial charge in [0.1, 0.15) is 5.82 Å². The van der Waals surface area contributed by atoms with Gasteiger partial charge < -0.3 is 14.8 Å². The van der Waals surface area contributed by atoms with E-state index in [2.05, 4.69) is 15.5 Å². The van der Waals surface area contributed by atoms with Crippen LogP contribution in [0, 0.1) is 0 Å². The number of anilines is 1. The van der Waals surface area contributed by atoms with E-state index in [1.165, 1.54) is 14.2 Å². The Balaban J connectivity index is 2.29. The van der Waals surface area contributed by atoms with Gasteiger partial charge in [-0.05, 0) is 12.1 Å². The SMILES string of the molecule is COc1cccc(C(=O)Nc2ccn[nH]2)c1OC. The minimum Gasteiger partial charge on any atom is -0.493 e. The molecular weight excluding hydrogens is 234 g/mol. The maximum Gasteiger partial charge on any atom is 0.260 e. The number of aromatic amines is 1. The Bertz CT molecular complexity index is 538. The Kier molecular flexibility index (Phi) is 3.47. The summed E-state index contributed by atoms with van der Waals surface area (Å²) in [4.78, 5) is 12.1. The summed E-state index contributed by atoms with van der Waals surface area (Å²) in [6.45, 7) is 0. The lowest BCUT2D eigenvalue weighted by Gasteiger charge is -2.11. The number of methoxy groups -OCH3 is 2. The molecule has 0 saturated carbocycles. The lowest BCUT2D eigenvalue weighted by Crippen LogP contribution is -2.13. The number of ether oxygens (including phenoxy) is 2. The fourth-order valence-electron chi connectivity index (χ4n) is 1.58. The summed E-state index contributed by atoms with van der Waals surface area (Å²) in [5.41, 5.74) is 0.395. The van der Waals surface area contributed by atoms with Crippen molar-refractivity contribution >= 4 is 11.7 Å². The molecule has 0 radical (unpaired) electrons. The van der Waals surface area contributed by atoms with Crippen LogP contribution in [0.5, 0.6) is 11.5 Å². The van der Waals surface area contributed by atoms with E-state index in [1.807, 2.05) is 0 Å². The van der Waals surface area contributed by atoms with E-state index in [4.69, 9.17) is 9.47 Å². The molecule has 1 aromatic heterocycles. The van der Waals surface area contributed by atoms with Gasteiger partial charge in [0.2, 0.25) is 0 Å². The maximum atomic E-state index is 12.1. The van der Waals surface area contributed by atoms with Gasteiger partial charge in [0.15, 0.2) is 11.5 Å². The molecule has 2 rings (SSSR count). The zero-order valence-corrected chi connectivity index (χ0v) is 10.1. The van der Waals surface area contributed by atoms with Gasteiger partial charge in [-0.3, -0.25) is 9.89 Å². The summed E-state index contributed by atoms with van der Waals surface area (Å²) in [7, 11) is 3.01. The number of aromatic nitrogens is 2. The zero-order valence-electron chi connectivity index (χ0n) is 10.1. The normalized spacial score (nSPS) is 9.89. The second kappa shape index (κ2) is 5.22. The van der Waals surface area contributed by atoms with Crippen molar-refractivity contribution in [3.8, 4) is 11.5 Å². The van der Waals surface area contributed by atoms with E-state index >= 15 is 0 Å². The second-order valence-corrected chi connectivity index (χ2v) is 3.47. The molecule has 0 bridgehead atoms. The molecule has 0 atom stereocenters. The van der Waals surface area contributed by atoms with Crippen LogP contribution in [0.2, 0.25) is 0 Å². The van der Waals surface area contributed by atoms with Crippen LogP contribution in [0.3, 0.4) is 0 Å². The minimum atomic E-state index is -0.296. The molecule has 1 aromatic carbocycles. The van der Waals surface area contributed by atoms with E-state index < -0.39 is 0 Å². The van der Waals surface area contributed by atoms with Crippen LogP contribution < -0.4 is 14.8 Å². The monoisotopic (exact) mass is 247 g/mol. The Hall–Kier alpha value is -2.50. The fraction of sp³-hybridized carbons (Fsp3) is 0.167. The summed E-state index contributed by atoms with van der Waals surface area (Å²) in [6, 6.07) is 6.77. The highest BCUT2D eigenvalue weighted by molar-refractivity contribution is 6.06. The molecule has 18 heavy (non-hydrogen) atoms. The first-order valence-corrected chi connectivity index (χ1v) is 5.28. The van der Waals surface area contributed by atoms with Crippen LogP contribution in [0.1, 0.15) is 10.4 Å². The molecule has 0 saturated heterocycles. The maximum absolute atomic E-state index is 12.1. The average Bonchev–Trinajstić information content (AvgIpc) is 2.90. The van der Waals surface area contributed by atoms with Crippen LogP contribution in [0.4, 0.5) is 5.82 Å². The van der Waals surface area contributed by atoms with Gasteiger partial charge in [0.25, 0.3) is 5.91 Å². The zero-order chi connectivity index (χ0) is 13.0. The van der Waals surface area contributed by atoms with E-state index in [9.17, 15) is 4.79 Å². The molecule has 2 N–H and O–H groups in total. The number of hydrogen-bond donors (Lipinski definition) is 2. The van der Waals surface area contributed by atoms with Crippen LogP contribution in [0.15, 0.2) is 30.5 Å². The summed E-state index contributed by atoms with van der Waals surface area (Å²) in [6.07, 6.45) is 1.55. The van der Waals surface area contributed by atoms with Gasteiger partial charge in [-0.1, -0.05) is 6.07 Å². The third kappa shape index (κ3) is 2.27. The molecule has 0 aliphatic rings. The van der Waals surface area contributed by atoms with Crippen molar-refractivity contribution in [2.24, 2.45) is 0 Å². The molecule has 0 aliphatic heterocycles. The van der Waals surface area contributed by atoms with Gasteiger partial charge >= 0.3 is 0 Å². The summed E-state index contributed by atoms with van der Waals surface area (Å²) >= 11 is 0. The lowest BCUT2D eigenvalue weighted by atomic mass is 10.1. The number of carbonyl (C=O) groups is 1. The number of benzene rings is 1. The molecule has 2 aromatic rings. The number of hydrogen-bond acceptors (Lipinski definition) is 4. The molecule has 0 aliphatic carbocycles. The van der Waals surface area contributed by atoms with Crippen molar-refractivity contribution in [2.75, 3.05) is 19.5 Å². The summed E-state index contributed by atoms with van der Waals surface area (Å²) in [5, 5.41) is 9.07. The standard InChI is InChI=1S/C12H13N3O3/c1-17-9-5-3-4-8(11(9)18-2)12(16)14-10-6-7-13-15-10/h3-7H,1-2H3,(H2,13,14,15,16). The first-order chi connectivity index (χ1) is 8.76. The highest BCUT2D eigenvalue weighted by Crippen LogP contribution is 2.30. The molecule has 94 valence electrons. The number of amides is 1. The molecule has 6 heteroatoms. The smallest absolute Gasteiger partial charge is 0.260 e. The van der Waals surface area contributed by atoms with Gasteiger partial charge in [-0.25, -0.2) is 0 Å². The number of nitrogens with zero attached hydrogens (tertiary/aromatic N) is 1. The minimum absolute atomic E-state index is 0.296. The molecule has 0 spiro atoms. The van der Waals surface area contributed by atoms with Crippen LogP contribution in [-0.2, 0) is 0 Å². The number of H-pyrrole nitrogens is 1. The van der Waals surface area contributed by atoms with E-state index in [1.54, 1.807) is 30.5 Å². The average molecular weight is 247 g/mol. The first kappa shape index (κ1) is 12.0. The molecular formula is C12H13N3O3. The molecule has 1 heterocycles. The van der Waals surface area contributed by atoms with Gasteiger partial charge in [-0.15, -0.1) is 0 Å². The van der Waals surface area contributed by atoms with Gasteiger partial charge in [-0.2, -0.15) is 5.10 Å². The summed E-state index contributed by atoms with van der Waals surface area (Å²) in [5.74, 6) is 1.13. The van der Waals surface area contributed by atoms with Crippen molar-refractivity contribution in [3.05, 3.63) is 36.0 Å². The fourth-order valence-corrected chi connectivity index (χ4v) is 1.58. The predicted octanol–water partition coefficient (Wildman–Crippen LogP) is 1.68. The Morgan fingerprint density at radius 2 is 2.11 bits per heavy atom. The highest BCUT2D eigenvalue weighted by atomic mass is 16.5. The van der Waals surface area contributed by atoms with E-state index in [0.717, 1.165) is 0 Å². The quantitative estimate of drug-likeness (QED) is 0.861. The van der Waals surface area contributed by atoms with Gasteiger partial charge in [0, 0.05) is 6.07 Å². The second-order valence-electron chi connectivity index (χ2n) is 3.47. The Morgan fingerprint density at radius 1 is 1.28 bits per heavy atom. The van der Waals surface area contributed by atoms with Gasteiger partial charge in [0.05, 0.1) is 26.0 Å². The third-order valence-corrected chi connectivity index (χ3v) is 2.40. The van der Waals surface area contributed by atoms with E-state index in [0.29, 0.717) is 22.9 Å². The molecule has 0 fully saturated rings. The van der Waals surface area contributed by atoms with E-state index in [-0.39, 0.29) is 5.91 Å². The van der Waals surface area contributed by atoms with Crippen LogP contribution in [0.25, 0.3) is 0 Å². The van der Waals surface area contributed by atoms with Crippen LogP contribution in [-0.4, -0.2) is 30.3 Å². The number of carbonyl (C=O) groups excluding carboxylic acids is 1. The summed E-state index contributed by atoms with van der Waals surface area (Å²) < 4.78 is 10.3. The number of para-hydroxylation sites is 1. The predicted molar refractivity (Wildman–Crippen MR) is 66.1 cm³/mol. The largest absolute Gasteiger partial charge is 0.493 e. The van der Waals surface area contributed by atoms with Crippen LogP contribution >= 0.6 is 0 Å². The van der Waals surface area contributed by atoms with Crippen molar-refractivity contribution in [1.82, 2.24) is 10.2 Å². The number of nitrogens with one attached hydrogen (secondary N) is 2. The Morgan fingerprint density at radius 3 is 2.72 bits per heavy atom. The first-order valence-electron chi connectivity index (χ1n) is 5.28. The van der Waals surface area contributed by atoms with Crippen molar-refractivity contribution in [1.29, 1.82) is 0 Å². The van der Waals surface area contributed by atoms with Crippen molar-refractivity contribution in [2.45, 2.75) is 0 Å². The highest BCUT2D eigenvalue weighted by Gasteiger charge is 2.16. The van der Waals surface area contributed by atoms with Crippen molar-refractivity contribution in [3.63, 3.8) is 0 Å². The lowest BCUT2D eigenvalue weighted by molar-refractivity contribution is 0.102.